The van der Waals surface area contributed by atoms with Crippen molar-refractivity contribution in [3.05, 3.63) is 59.7 Å². The summed E-state index contributed by atoms with van der Waals surface area (Å²) >= 11 is 4.21. The third-order valence-electron chi connectivity index (χ3n) is 2.64. The molecule has 0 saturated carbocycles. The first-order valence-electron chi connectivity index (χ1n) is 5.78. The van der Waals surface area contributed by atoms with Crippen molar-refractivity contribution in [1.29, 1.82) is 0 Å². The fourth-order valence-electron chi connectivity index (χ4n) is 1.64. The average molecular weight is 257 g/mol. The highest BCUT2D eigenvalue weighted by Gasteiger charge is 2.03. The number of rotatable bonds is 3. The van der Waals surface area contributed by atoms with Gasteiger partial charge in [0.25, 0.3) is 0 Å². The zero-order valence-electron chi connectivity index (χ0n) is 10.2. The van der Waals surface area contributed by atoms with E-state index in [-0.39, 0.29) is 5.91 Å². The van der Waals surface area contributed by atoms with Gasteiger partial charge in [0.05, 0.1) is 6.42 Å². The molecule has 0 atom stereocenters. The molecule has 0 saturated heterocycles. The molecule has 0 aliphatic carbocycles. The van der Waals surface area contributed by atoms with Crippen molar-refractivity contribution in [3.8, 4) is 0 Å². The zero-order chi connectivity index (χ0) is 13.0. The molecular weight excluding hydrogens is 242 g/mol. The summed E-state index contributed by atoms with van der Waals surface area (Å²) in [5.41, 5.74) is 2.99. The van der Waals surface area contributed by atoms with Crippen LogP contribution in [0, 0.1) is 6.92 Å². The first-order chi connectivity index (χ1) is 8.63. The standard InChI is InChI=1S/C15H15NOS/c1-11-2-6-13(7-3-11)16-15(17)10-12-4-8-14(18)9-5-12/h2-9,18H,10H2,1H3,(H,16,17). The number of hydrogen-bond donors (Lipinski definition) is 2. The predicted octanol–water partition coefficient (Wildman–Crippen LogP) is 3.46. The molecule has 0 aliphatic rings. The number of thiol groups is 1. The Balaban J connectivity index is 1.96. The Kier molecular flexibility index (Phi) is 4.05. The average Bonchev–Trinajstić information content (AvgIpc) is 2.35. The fourth-order valence-corrected chi connectivity index (χ4v) is 1.79. The lowest BCUT2D eigenvalue weighted by atomic mass is 10.1. The Morgan fingerprint density at radius 2 is 1.67 bits per heavy atom. The van der Waals surface area contributed by atoms with Crippen LogP contribution in [0.25, 0.3) is 0 Å². The highest BCUT2D eigenvalue weighted by molar-refractivity contribution is 7.80. The van der Waals surface area contributed by atoms with Gasteiger partial charge >= 0.3 is 0 Å². The van der Waals surface area contributed by atoms with Gasteiger partial charge in [0, 0.05) is 10.6 Å². The van der Waals surface area contributed by atoms with Gasteiger partial charge in [-0.25, -0.2) is 0 Å². The maximum atomic E-state index is 11.8. The monoisotopic (exact) mass is 257 g/mol. The lowest BCUT2D eigenvalue weighted by Crippen LogP contribution is -2.14. The number of anilines is 1. The Morgan fingerprint density at radius 1 is 1.06 bits per heavy atom. The predicted molar refractivity (Wildman–Crippen MR) is 77.2 cm³/mol. The minimum atomic E-state index is -0.00855. The third kappa shape index (κ3) is 3.64. The van der Waals surface area contributed by atoms with Crippen molar-refractivity contribution in [1.82, 2.24) is 0 Å². The molecule has 0 radical (unpaired) electrons. The first-order valence-corrected chi connectivity index (χ1v) is 6.22. The van der Waals surface area contributed by atoms with Crippen molar-refractivity contribution in [3.63, 3.8) is 0 Å². The minimum Gasteiger partial charge on any atom is -0.326 e. The summed E-state index contributed by atoms with van der Waals surface area (Å²) in [6, 6.07) is 15.4. The fraction of sp³-hybridized carbons (Fsp3) is 0.133. The van der Waals surface area contributed by atoms with Crippen LogP contribution in [0.3, 0.4) is 0 Å². The molecule has 0 bridgehead atoms. The summed E-state index contributed by atoms with van der Waals surface area (Å²) in [6.07, 6.45) is 0.377. The molecule has 2 rings (SSSR count). The van der Waals surface area contributed by atoms with Crippen LogP contribution < -0.4 is 5.32 Å². The molecule has 92 valence electrons. The van der Waals surface area contributed by atoms with Gasteiger partial charge < -0.3 is 5.32 Å². The van der Waals surface area contributed by atoms with Gasteiger partial charge in [0.1, 0.15) is 0 Å². The Bertz CT molecular complexity index is 482. The van der Waals surface area contributed by atoms with E-state index in [9.17, 15) is 4.79 Å². The number of nitrogens with one attached hydrogen (secondary N) is 1. The summed E-state index contributed by atoms with van der Waals surface area (Å²) < 4.78 is 0. The molecule has 0 fully saturated rings. The lowest BCUT2D eigenvalue weighted by molar-refractivity contribution is -0.115. The van der Waals surface area contributed by atoms with E-state index >= 15 is 0 Å². The van der Waals surface area contributed by atoms with Gasteiger partial charge in [-0.2, -0.15) is 0 Å². The van der Waals surface area contributed by atoms with Crippen molar-refractivity contribution in [2.24, 2.45) is 0 Å². The summed E-state index contributed by atoms with van der Waals surface area (Å²) in [6.45, 7) is 2.02. The lowest BCUT2D eigenvalue weighted by Gasteiger charge is -2.05. The SMILES string of the molecule is Cc1ccc(NC(=O)Cc2ccc(S)cc2)cc1. The third-order valence-corrected chi connectivity index (χ3v) is 2.93. The maximum absolute atomic E-state index is 11.8. The number of aryl methyl sites for hydroxylation is 1. The van der Waals surface area contributed by atoms with Crippen LogP contribution in [-0.4, -0.2) is 5.91 Å². The molecule has 2 aromatic rings. The van der Waals surface area contributed by atoms with E-state index < -0.39 is 0 Å². The maximum Gasteiger partial charge on any atom is 0.228 e. The number of amides is 1. The van der Waals surface area contributed by atoms with Crippen molar-refractivity contribution in [2.75, 3.05) is 5.32 Å². The Labute approximate surface area is 112 Å². The highest BCUT2D eigenvalue weighted by atomic mass is 32.1. The molecule has 1 N–H and O–H groups in total. The first kappa shape index (κ1) is 12.7. The van der Waals surface area contributed by atoms with Crippen LogP contribution in [0.1, 0.15) is 11.1 Å². The normalized spacial score (nSPS) is 10.1. The van der Waals surface area contributed by atoms with E-state index in [2.05, 4.69) is 17.9 Å². The quantitative estimate of drug-likeness (QED) is 0.810. The van der Waals surface area contributed by atoms with E-state index in [1.54, 1.807) is 0 Å². The molecular formula is C15H15NOS. The highest BCUT2D eigenvalue weighted by Crippen LogP contribution is 2.11. The molecule has 0 spiro atoms. The van der Waals surface area contributed by atoms with Gasteiger partial charge in [-0.05, 0) is 36.8 Å². The molecule has 0 aromatic heterocycles. The second-order valence-corrected chi connectivity index (χ2v) is 4.77. The Morgan fingerprint density at radius 3 is 2.28 bits per heavy atom. The van der Waals surface area contributed by atoms with Gasteiger partial charge in [-0.15, -0.1) is 12.6 Å². The van der Waals surface area contributed by atoms with Crippen LogP contribution in [0.5, 0.6) is 0 Å². The van der Waals surface area contributed by atoms with Crippen LogP contribution in [0.15, 0.2) is 53.4 Å². The molecule has 3 heteroatoms. The van der Waals surface area contributed by atoms with Crippen molar-refractivity contribution in [2.45, 2.75) is 18.2 Å². The van der Waals surface area contributed by atoms with E-state index in [4.69, 9.17) is 0 Å². The number of carbonyl (C=O) groups excluding carboxylic acids is 1. The summed E-state index contributed by atoms with van der Waals surface area (Å²) in [7, 11) is 0. The van der Waals surface area contributed by atoms with Crippen LogP contribution in [0.4, 0.5) is 5.69 Å². The summed E-state index contributed by atoms with van der Waals surface area (Å²) in [4.78, 5) is 12.7. The van der Waals surface area contributed by atoms with Crippen molar-refractivity contribution >= 4 is 24.2 Å². The van der Waals surface area contributed by atoms with Gasteiger partial charge in [-0.1, -0.05) is 29.8 Å². The molecule has 18 heavy (non-hydrogen) atoms. The van der Waals surface area contributed by atoms with E-state index in [0.29, 0.717) is 6.42 Å². The van der Waals surface area contributed by atoms with Gasteiger partial charge in [-0.3, -0.25) is 4.79 Å². The van der Waals surface area contributed by atoms with E-state index in [0.717, 1.165) is 16.1 Å². The minimum absolute atomic E-state index is 0.00855. The smallest absolute Gasteiger partial charge is 0.228 e. The zero-order valence-corrected chi connectivity index (χ0v) is 11.1. The molecule has 0 heterocycles. The summed E-state index contributed by atoms with van der Waals surface area (Å²) in [5.74, 6) is -0.00855. The topological polar surface area (TPSA) is 29.1 Å². The number of carbonyl (C=O) groups is 1. The van der Waals surface area contributed by atoms with Crippen LogP contribution in [0.2, 0.25) is 0 Å². The van der Waals surface area contributed by atoms with Gasteiger partial charge in [0.2, 0.25) is 5.91 Å². The Hall–Kier alpha value is -1.74. The number of benzene rings is 2. The molecule has 1 amide bonds. The van der Waals surface area contributed by atoms with Gasteiger partial charge in [0.15, 0.2) is 0 Å². The van der Waals surface area contributed by atoms with Crippen LogP contribution in [-0.2, 0) is 11.2 Å². The molecule has 2 nitrogen and oxygen atoms in total. The van der Waals surface area contributed by atoms with Crippen LogP contribution >= 0.6 is 12.6 Å². The second-order valence-electron chi connectivity index (χ2n) is 4.26. The summed E-state index contributed by atoms with van der Waals surface area (Å²) in [5, 5.41) is 2.87. The van der Waals surface area contributed by atoms with Crippen molar-refractivity contribution < 1.29 is 4.79 Å². The second kappa shape index (κ2) is 5.74. The molecule has 2 aromatic carbocycles. The largest absolute Gasteiger partial charge is 0.326 e. The van der Waals surface area contributed by atoms with E-state index in [1.165, 1.54) is 5.56 Å². The number of hydrogen-bond acceptors (Lipinski definition) is 2. The molecule has 0 unspecified atom stereocenters. The van der Waals surface area contributed by atoms with E-state index in [1.807, 2.05) is 55.5 Å². The molecule has 0 aliphatic heterocycles.